The third kappa shape index (κ3) is 2.69. The van der Waals surface area contributed by atoms with Crippen LogP contribution in [0.3, 0.4) is 0 Å². The monoisotopic (exact) mass is 260 g/mol. The van der Waals surface area contributed by atoms with Gasteiger partial charge in [0.1, 0.15) is 11.6 Å². The van der Waals surface area contributed by atoms with E-state index in [1.54, 1.807) is 18.1 Å². The van der Waals surface area contributed by atoms with Crippen LogP contribution in [0.4, 0.5) is 15.8 Å². The molecule has 0 fully saturated rings. The summed E-state index contributed by atoms with van der Waals surface area (Å²) in [5, 5.41) is 0. The van der Waals surface area contributed by atoms with E-state index in [0.29, 0.717) is 12.2 Å². The van der Waals surface area contributed by atoms with Gasteiger partial charge in [-0.2, -0.15) is 0 Å². The summed E-state index contributed by atoms with van der Waals surface area (Å²) in [6.45, 7) is 0.299. The molecule has 0 saturated carbocycles. The van der Waals surface area contributed by atoms with Gasteiger partial charge in [0.2, 0.25) is 0 Å². The Hall–Kier alpha value is -2.07. The quantitative estimate of drug-likeness (QED) is 0.918. The highest BCUT2D eigenvalue weighted by Gasteiger charge is 2.13. The molecule has 19 heavy (non-hydrogen) atoms. The van der Waals surface area contributed by atoms with Gasteiger partial charge in [0.15, 0.2) is 0 Å². The molecule has 100 valence electrons. The van der Waals surface area contributed by atoms with E-state index < -0.39 is 0 Å². The van der Waals surface area contributed by atoms with E-state index in [2.05, 4.69) is 0 Å². The van der Waals surface area contributed by atoms with Crippen LogP contribution in [-0.2, 0) is 6.54 Å². The Bertz CT molecular complexity index is 555. The van der Waals surface area contributed by atoms with Crippen LogP contribution in [0.25, 0.3) is 0 Å². The Balaban J connectivity index is 2.40. The van der Waals surface area contributed by atoms with Crippen molar-refractivity contribution in [3.05, 3.63) is 53.8 Å². The zero-order chi connectivity index (χ0) is 13.8. The van der Waals surface area contributed by atoms with Gasteiger partial charge in [-0.15, -0.1) is 0 Å². The van der Waals surface area contributed by atoms with Crippen molar-refractivity contribution in [2.24, 2.45) is 5.73 Å². The largest absolute Gasteiger partial charge is 0.497 e. The topological polar surface area (TPSA) is 38.5 Å². The van der Waals surface area contributed by atoms with E-state index in [4.69, 9.17) is 10.5 Å². The zero-order valence-electron chi connectivity index (χ0n) is 11.1. The summed E-state index contributed by atoms with van der Waals surface area (Å²) in [6.07, 6.45) is 0. The molecule has 2 aromatic rings. The van der Waals surface area contributed by atoms with Crippen LogP contribution in [0, 0.1) is 5.82 Å². The smallest absolute Gasteiger partial charge is 0.147 e. The van der Waals surface area contributed by atoms with E-state index in [0.717, 1.165) is 17.0 Å². The SMILES string of the molecule is COc1ccc(N(C)c2c(F)cccc2CN)cc1. The zero-order valence-corrected chi connectivity index (χ0v) is 11.1. The number of para-hydroxylation sites is 1. The lowest BCUT2D eigenvalue weighted by Gasteiger charge is -2.23. The van der Waals surface area contributed by atoms with E-state index >= 15 is 0 Å². The summed E-state index contributed by atoms with van der Waals surface area (Å²) >= 11 is 0. The normalized spacial score (nSPS) is 10.3. The van der Waals surface area contributed by atoms with E-state index in [1.165, 1.54) is 6.07 Å². The number of ether oxygens (including phenoxy) is 1. The third-order valence-corrected chi connectivity index (χ3v) is 3.09. The molecule has 0 bridgehead atoms. The van der Waals surface area contributed by atoms with Gasteiger partial charge in [-0.3, -0.25) is 0 Å². The first-order valence-corrected chi connectivity index (χ1v) is 6.02. The Kier molecular flexibility index (Phi) is 4.02. The van der Waals surface area contributed by atoms with Crippen LogP contribution in [0.5, 0.6) is 5.75 Å². The lowest BCUT2D eigenvalue weighted by atomic mass is 10.1. The molecular weight excluding hydrogens is 243 g/mol. The molecule has 2 N–H and O–H groups in total. The van der Waals surface area contributed by atoms with Gasteiger partial charge in [0.25, 0.3) is 0 Å². The van der Waals surface area contributed by atoms with Crippen LogP contribution in [-0.4, -0.2) is 14.2 Å². The molecule has 0 amide bonds. The van der Waals surface area contributed by atoms with Crippen LogP contribution >= 0.6 is 0 Å². The Labute approximate surface area is 112 Å². The van der Waals surface area contributed by atoms with Crippen molar-refractivity contribution in [3.8, 4) is 5.75 Å². The second-order valence-electron chi connectivity index (χ2n) is 4.21. The van der Waals surface area contributed by atoms with Gasteiger partial charge in [0.05, 0.1) is 12.8 Å². The summed E-state index contributed by atoms with van der Waals surface area (Å²) in [5.74, 6) is 0.492. The Morgan fingerprint density at radius 2 is 1.84 bits per heavy atom. The van der Waals surface area contributed by atoms with Crippen LogP contribution in [0.1, 0.15) is 5.56 Å². The highest BCUT2D eigenvalue weighted by molar-refractivity contribution is 5.66. The van der Waals surface area contributed by atoms with E-state index in [1.807, 2.05) is 37.4 Å². The number of benzene rings is 2. The average Bonchev–Trinajstić information content (AvgIpc) is 2.46. The molecule has 2 aromatic carbocycles. The molecular formula is C15H17FN2O. The van der Waals surface area contributed by atoms with Crippen LogP contribution < -0.4 is 15.4 Å². The second-order valence-corrected chi connectivity index (χ2v) is 4.21. The number of hydrogen-bond donors (Lipinski definition) is 1. The van der Waals surface area contributed by atoms with Crippen molar-refractivity contribution >= 4 is 11.4 Å². The second kappa shape index (κ2) is 5.71. The minimum absolute atomic E-state index is 0.277. The number of hydrogen-bond acceptors (Lipinski definition) is 3. The van der Waals surface area contributed by atoms with Crippen LogP contribution in [0.15, 0.2) is 42.5 Å². The molecule has 3 nitrogen and oxygen atoms in total. The van der Waals surface area contributed by atoms with Crippen molar-refractivity contribution < 1.29 is 9.13 Å². The first-order valence-electron chi connectivity index (χ1n) is 6.02. The lowest BCUT2D eigenvalue weighted by Crippen LogP contribution is -2.15. The number of methoxy groups -OCH3 is 1. The Morgan fingerprint density at radius 3 is 2.42 bits per heavy atom. The maximum atomic E-state index is 14.0. The maximum Gasteiger partial charge on any atom is 0.147 e. The number of rotatable bonds is 4. The molecule has 0 heterocycles. The van der Waals surface area contributed by atoms with Gasteiger partial charge in [-0.25, -0.2) is 4.39 Å². The van der Waals surface area contributed by atoms with Crippen molar-refractivity contribution in [2.45, 2.75) is 6.54 Å². The molecule has 0 saturated heterocycles. The number of nitrogens with zero attached hydrogens (tertiary/aromatic N) is 1. The molecule has 2 rings (SSSR count). The number of halogens is 1. The van der Waals surface area contributed by atoms with E-state index in [-0.39, 0.29) is 5.82 Å². The van der Waals surface area contributed by atoms with Crippen LogP contribution in [0.2, 0.25) is 0 Å². The molecule has 0 aromatic heterocycles. The number of anilines is 2. The first-order chi connectivity index (χ1) is 9.17. The van der Waals surface area contributed by atoms with Crippen molar-refractivity contribution in [1.29, 1.82) is 0 Å². The van der Waals surface area contributed by atoms with Gasteiger partial charge in [0, 0.05) is 19.3 Å². The van der Waals surface area contributed by atoms with Gasteiger partial charge in [-0.05, 0) is 35.9 Å². The molecule has 0 unspecified atom stereocenters. The molecule has 0 aliphatic rings. The lowest BCUT2D eigenvalue weighted by molar-refractivity contribution is 0.415. The van der Waals surface area contributed by atoms with Crippen molar-refractivity contribution in [2.75, 3.05) is 19.1 Å². The minimum atomic E-state index is -0.277. The molecule has 0 atom stereocenters. The number of nitrogens with two attached hydrogens (primary N) is 1. The third-order valence-electron chi connectivity index (χ3n) is 3.09. The highest BCUT2D eigenvalue weighted by atomic mass is 19.1. The van der Waals surface area contributed by atoms with Gasteiger partial charge in [-0.1, -0.05) is 12.1 Å². The summed E-state index contributed by atoms with van der Waals surface area (Å²) in [7, 11) is 3.43. The highest BCUT2D eigenvalue weighted by Crippen LogP contribution is 2.30. The van der Waals surface area contributed by atoms with Gasteiger partial charge >= 0.3 is 0 Å². The molecule has 0 radical (unpaired) electrons. The summed E-state index contributed by atoms with van der Waals surface area (Å²) in [4.78, 5) is 1.79. The Morgan fingerprint density at radius 1 is 1.16 bits per heavy atom. The average molecular weight is 260 g/mol. The summed E-state index contributed by atoms with van der Waals surface area (Å²) < 4.78 is 19.1. The fraction of sp³-hybridized carbons (Fsp3) is 0.200. The fourth-order valence-corrected chi connectivity index (χ4v) is 2.04. The van der Waals surface area contributed by atoms with Gasteiger partial charge < -0.3 is 15.4 Å². The molecule has 4 heteroatoms. The van der Waals surface area contributed by atoms with Crippen molar-refractivity contribution in [1.82, 2.24) is 0 Å². The molecule has 0 spiro atoms. The van der Waals surface area contributed by atoms with E-state index in [9.17, 15) is 4.39 Å². The molecule has 0 aliphatic carbocycles. The molecule has 0 aliphatic heterocycles. The fourth-order valence-electron chi connectivity index (χ4n) is 2.04. The predicted molar refractivity (Wildman–Crippen MR) is 75.3 cm³/mol. The summed E-state index contributed by atoms with van der Waals surface area (Å²) in [6, 6.07) is 12.4. The first kappa shape index (κ1) is 13.4. The maximum absolute atomic E-state index is 14.0. The minimum Gasteiger partial charge on any atom is -0.497 e. The van der Waals surface area contributed by atoms with Crippen molar-refractivity contribution in [3.63, 3.8) is 0 Å². The summed E-state index contributed by atoms with van der Waals surface area (Å²) in [5.41, 5.74) is 7.83. The standard InChI is InChI=1S/C15H17FN2O/c1-18(12-6-8-13(19-2)9-7-12)15-11(10-17)4-3-5-14(15)16/h3-9H,10,17H2,1-2H3. The predicted octanol–water partition coefficient (Wildman–Crippen LogP) is 3.06.